The lowest BCUT2D eigenvalue weighted by Gasteiger charge is -2.08. The number of nitrogens with zero attached hydrogens (tertiary/aromatic N) is 4. The number of carboxylic acid groups (broad SMARTS) is 1. The molecule has 0 atom stereocenters. The number of methoxy groups -OCH3 is 1. The Balaban J connectivity index is 1.91. The molecule has 0 aliphatic rings. The van der Waals surface area contributed by atoms with Gasteiger partial charge in [-0.25, -0.2) is 9.48 Å². The summed E-state index contributed by atoms with van der Waals surface area (Å²) in [5.41, 5.74) is 1.94. The lowest BCUT2D eigenvalue weighted by molar-refractivity contribution is 0.0697. The van der Waals surface area contributed by atoms with Crippen LogP contribution in [0.5, 0.6) is 5.75 Å². The molecule has 7 heteroatoms. The van der Waals surface area contributed by atoms with Crippen LogP contribution in [-0.4, -0.2) is 38.4 Å². The molecule has 3 rings (SSSR count). The van der Waals surface area contributed by atoms with Gasteiger partial charge in [0.05, 0.1) is 24.8 Å². The van der Waals surface area contributed by atoms with E-state index in [9.17, 15) is 4.79 Å². The molecule has 0 radical (unpaired) electrons. The molecular weight excluding hydrogens is 296 g/mol. The van der Waals surface area contributed by atoms with Crippen LogP contribution in [0.4, 0.5) is 0 Å². The minimum absolute atomic E-state index is 0.246. The summed E-state index contributed by atoms with van der Waals surface area (Å²) in [6, 6.07) is 14.1. The van der Waals surface area contributed by atoms with Crippen LogP contribution in [-0.2, 0) is 6.54 Å². The summed E-state index contributed by atoms with van der Waals surface area (Å²) in [5.74, 6) is 0.322. The molecular formula is C16H14N4O3. The average Bonchev–Trinajstić information content (AvgIpc) is 3.03. The first-order valence-electron chi connectivity index (χ1n) is 6.91. The van der Waals surface area contributed by atoms with Crippen molar-refractivity contribution in [1.82, 2.24) is 20.2 Å². The van der Waals surface area contributed by atoms with Crippen LogP contribution in [0.3, 0.4) is 0 Å². The van der Waals surface area contributed by atoms with Gasteiger partial charge in [0.2, 0.25) is 0 Å². The van der Waals surface area contributed by atoms with E-state index >= 15 is 0 Å². The van der Waals surface area contributed by atoms with Crippen molar-refractivity contribution in [2.45, 2.75) is 6.54 Å². The number of aromatic nitrogens is 4. The van der Waals surface area contributed by atoms with E-state index in [4.69, 9.17) is 9.84 Å². The number of hydrogen-bond acceptors (Lipinski definition) is 5. The van der Waals surface area contributed by atoms with E-state index in [1.807, 2.05) is 24.3 Å². The van der Waals surface area contributed by atoms with E-state index in [1.165, 1.54) is 0 Å². The van der Waals surface area contributed by atoms with Crippen LogP contribution in [0.15, 0.2) is 48.5 Å². The zero-order chi connectivity index (χ0) is 16.2. The first kappa shape index (κ1) is 14.7. The maximum Gasteiger partial charge on any atom is 0.335 e. The Kier molecular flexibility index (Phi) is 4.01. The molecule has 116 valence electrons. The quantitative estimate of drug-likeness (QED) is 0.776. The van der Waals surface area contributed by atoms with Crippen molar-refractivity contribution >= 4 is 5.97 Å². The SMILES string of the molecule is COc1ccccc1-c1nnnn1Cc1ccc(C(=O)O)cc1. The zero-order valence-electron chi connectivity index (χ0n) is 12.4. The summed E-state index contributed by atoms with van der Waals surface area (Å²) in [4.78, 5) is 10.9. The third kappa shape index (κ3) is 3.03. The van der Waals surface area contributed by atoms with Gasteiger partial charge in [0.15, 0.2) is 5.82 Å². The molecule has 0 spiro atoms. The van der Waals surface area contributed by atoms with E-state index < -0.39 is 5.97 Å². The summed E-state index contributed by atoms with van der Waals surface area (Å²) < 4.78 is 6.99. The smallest absolute Gasteiger partial charge is 0.335 e. The van der Waals surface area contributed by atoms with Gasteiger partial charge in [0, 0.05) is 0 Å². The number of hydrogen-bond donors (Lipinski definition) is 1. The Morgan fingerprint density at radius 2 is 1.91 bits per heavy atom. The van der Waals surface area contributed by atoms with Gasteiger partial charge in [-0.2, -0.15) is 0 Å². The van der Waals surface area contributed by atoms with Gasteiger partial charge in [-0.3, -0.25) is 0 Å². The van der Waals surface area contributed by atoms with Crippen LogP contribution in [0.1, 0.15) is 15.9 Å². The topological polar surface area (TPSA) is 90.1 Å². The van der Waals surface area contributed by atoms with Crippen LogP contribution in [0.25, 0.3) is 11.4 Å². The van der Waals surface area contributed by atoms with Gasteiger partial charge in [-0.1, -0.05) is 24.3 Å². The highest BCUT2D eigenvalue weighted by Crippen LogP contribution is 2.27. The first-order chi connectivity index (χ1) is 11.2. The van der Waals surface area contributed by atoms with Crippen LogP contribution >= 0.6 is 0 Å². The number of benzene rings is 2. The van der Waals surface area contributed by atoms with Crippen molar-refractivity contribution in [2.75, 3.05) is 7.11 Å². The van der Waals surface area contributed by atoms with Crippen molar-refractivity contribution in [3.05, 3.63) is 59.7 Å². The maximum atomic E-state index is 10.9. The minimum Gasteiger partial charge on any atom is -0.496 e. The van der Waals surface area contributed by atoms with E-state index in [2.05, 4.69) is 15.5 Å². The van der Waals surface area contributed by atoms with Crippen molar-refractivity contribution in [1.29, 1.82) is 0 Å². The molecule has 0 amide bonds. The third-order valence-corrected chi connectivity index (χ3v) is 3.41. The van der Waals surface area contributed by atoms with Gasteiger partial charge >= 0.3 is 5.97 Å². The molecule has 0 bridgehead atoms. The molecule has 0 saturated heterocycles. The highest BCUT2D eigenvalue weighted by Gasteiger charge is 2.14. The molecule has 3 aromatic rings. The zero-order valence-corrected chi connectivity index (χ0v) is 12.4. The molecule has 1 aromatic heterocycles. The Labute approximate surface area is 132 Å². The van der Waals surface area contributed by atoms with Crippen LogP contribution < -0.4 is 4.74 Å². The average molecular weight is 310 g/mol. The number of aromatic carboxylic acids is 1. The van der Waals surface area contributed by atoms with Gasteiger partial charge in [0.25, 0.3) is 0 Å². The summed E-state index contributed by atoms with van der Waals surface area (Å²) in [5, 5.41) is 20.7. The fraction of sp³-hybridized carbons (Fsp3) is 0.125. The maximum absolute atomic E-state index is 10.9. The standard InChI is InChI=1S/C16H14N4O3/c1-23-14-5-3-2-4-13(14)15-17-18-19-20(15)10-11-6-8-12(9-7-11)16(21)22/h2-9H,10H2,1H3,(H,21,22). The Hall–Kier alpha value is -3.22. The monoisotopic (exact) mass is 310 g/mol. The predicted molar refractivity (Wildman–Crippen MR) is 82.3 cm³/mol. The van der Waals surface area contributed by atoms with E-state index in [0.717, 1.165) is 11.1 Å². The molecule has 0 aliphatic heterocycles. The third-order valence-electron chi connectivity index (χ3n) is 3.41. The van der Waals surface area contributed by atoms with Crippen molar-refractivity contribution in [3.63, 3.8) is 0 Å². The number of carboxylic acids is 1. The van der Waals surface area contributed by atoms with Crippen molar-refractivity contribution in [2.24, 2.45) is 0 Å². The molecule has 1 N–H and O–H groups in total. The molecule has 7 nitrogen and oxygen atoms in total. The second kappa shape index (κ2) is 6.27. The van der Waals surface area contributed by atoms with E-state index in [-0.39, 0.29) is 5.56 Å². The van der Waals surface area contributed by atoms with Crippen molar-refractivity contribution in [3.8, 4) is 17.1 Å². The second-order valence-corrected chi connectivity index (χ2v) is 4.86. The normalized spacial score (nSPS) is 10.5. The molecule has 23 heavy (non-hydrogen) atoms. The van der Waals surface area contributed by atoms with Gasteiger partial charge < -0.3 is 9.84 Å². The minimum atomic E-state index is -0.950. The Morgan fingerprint density at radius 1 is 1.17 bits per heavy atom. The lowest BCUT2D eigenvalue weighted by atomic mass is 10.1. The fourth-order valence-corrected chi connectivity index (χ4v) is 2.26. The van der Waals surface area contributed by atoms with Gasteiger partial charge in [-0.05, 0) is 40.3 Å². The van der Waals surface area contributed by atoms with Crippen LogP contribution in [0.2, 0.25) is 0 Å². The first-order valence-corrected chi connectivity index (χ1v) is 6.91. The highest BCUT2D eigenvalue weighted by molar-refractivity contribution is 5.87. The molecule has 1 heterocycles. The second-order valence-electron chi connectivity index (χ2n) is 4.86. The lowest BCUT2D eigenvalue weighted by Crippen LogP contribution is -2.05. The number of para-hydroxylation sites is 1. The Bertz CT molecular complexity index is 827. The number of carbonyl (C=O) groups is 1. The highest BCUT2D eigenvalue weighted by atomic mass is 16.5. The van der Waals surface area contributed by atoms with E-state index in [1.54, 1.807) is 36.1 Å². The van der Waals surface area contributed by atoms with Gasteiger partial charge in [0.1, 0.15) is 5.75 Å². The fourth-order valence-electron chi connectivity index (χ4n) is 2.26. The molecule has 0 saturated carbocycles. The number of tetrazole rings is 1. The molecule has 0 aliphatic carbocycles. The molecule has 2 aromatic carbocycles. The summed E-state index contributed by atoms with van der Waals surface area (Å²) in [7, 11) is 1.59. The van der Waals surface area contributed by atoms with Crippen LogP contribution in [0, 0.1) is 0 Å². The largest absolute Gasteiger partial charge is 0.496 e. The molecule has 0 unspecified atom stereocenters. The summed E-state index contributed by atoms with van der Waals surface area (Å²) in [6.07, 6.45) is 0. The number of ether oxygens (including phenoxy) is 1. The molecule has 0 fully saturated rings. The summed E-state index contributed by atoms with van der Waals surface area (Å²) in [6.45, 7) is 0.431. The summed E-state index contributed by atoms with van der Waals surface area (Å²) >= 11 is 0. The predicted octanol–water partition coefficient (Wildman–Crippen LogP) is 2.10. The van der Waals surface area contributed by atoms with Crippen molar-refractivity contribution < 1.29 is 14.6 Å². The Morgan fingerprint density at radius 3 is 2.61 bits per heavy atom. The van der Waals surface area contributed by atoms with Gasteiger partial charge in [-0.15, -0.1) is 5.10 Å². The number of rotatable bonds is 5. The van der Waals surface area contributed by atoms with E-state index in [0.29, 0.717) is 18.1 Å².